The number of anilines is 1. The van der Waals surface area contributed by atoms with E-state index in [0.717, 1.165) is 10.4 Å². The van der Waals surface area contributed by atoms with Gasteiger partial charge in [-0.1, -0.05) is 29.8 Å². The number of rotatable bonds is 7. The summed E-state index contributed by atoms with van der Waals surface area (Å²) >= 11 is 8.01. The van der Waals surface area contributed by atoms with Gasteiger partial charge in [-0.3, -0.25) is 19.5 Å². The minimum atomic E-state index is -1.10. The predicted octanol–water partition coefficient (Wildman–Crippen LogP) is 5.63. The lowest BCUT2D eigenvalue weighted by Gasteiger charge is -2.44. The van der Waals surface area contributed by atoms with Crippen molar-refractivity contribution in [2.24, 2.45) is 11.7 Å². The second-order valence-electron chi connectivity index (χ2n) is 9.74. The largest absolute Gasteiger partial charge is 0.465 e. The smallest absolute Gasteiger partial charge is 0.338 e. The topological polar surface area (TPSA) is 112 Å². The summed E-state index contributed by atoms with van der Waals surface area (Å²) in [6.45, 7) is 5.50. The molecule has 0 unspecified atom stereocenters. The van der Waals surface area contributed by atoms with Crippen molar-refractivity contribution in [3.63, 3.8) is 0 Å². The number of carbonyl (C=O) groups is 3. The number of allylic oxidation sites excluding steroid dienone is 2. The first kappa shape index (κ1) is 28.6. The molecule has 0 saturated heterocycles. The molecule has 2 aromatic heterocycles. The molecule has 5 rings (SSSR count). The van der Waals surface area contributed by atoms with Gasteiger partial charge in [-0.25, -0.2) is 4.79 Å². The molecule has 3 aromatic rings. The molecule has 3 heterocycles. The number of pyridine rings is 1. The van der Waals surface area contributed by atoms with Crippen LogP contribution in [0, 0.1) is 12.8 Å². The van der Waals surface area contributed by atoms with Gasteiger partial charge in [-0.15, -0.1) is 11.3 Å². The van der Waals surface area contributed by atoms with Crippen molar-refractivity contribution in [3.8, 4) is 0 Å². The molecular weight excluding hydrogens is 562 g/mol. The molecule has 2 aliphatic rings. The van der Waals surface area contributed by atoms with E-state index in [0.29, 0.717) is 34.0 Å². The van der Waals surface area contributed by atoms with E-state index < -0.39 is 35.5 Å². The summed E-state index contributed by atoms with van der Waals surface area (Å²) in [6, 6.07) is 12.7. The summed E-state index contributed by atoms with van der Waals surface area (Å²) in [5.74, 6) is -4.04. The average Bonchev–Trinajstić information content (AvgIpc) is 3.50. The van der Waals surface area contributed by atoms with Gasteiger partial charge >= 0.3 is 11.9 Å². The van der Waals surface area contributed by atoms with Gasteiger partial charge in [0.1, 0.15) is 11.7 Å². The maximum Gasteiger partial charge on any atom is 0.338 e. The third kappa shape index (κ3) is 5.04. The first-order valence-corrected chi connectivity index (χ1v) is 14.6. The van der Waals surface area contributed by atoms with E-state index in [4.69, 9.17) is 26.8 Å². The normalized spacial score (nSPS) is 20.6. The molecule has 8 nitrogen and oxygen atoms in total. The Balaban J connectivity index is 1.84. The molecule has 0 spiro atoms. The number of aromatic nitrogens is 1. The van der Waals surface area contributed by atoms with Gasteiger partial charge in [0.05, 0.1) is 30.4 Å². The summed E-state index contributed by atoms with van der Waals surface area (Å²) in [5, 5.41) is 2.42. The molecule has 1 aliphatic heterocycles. The Morgan fingerprint density at radius 3 is 2.56 bits per heavy atom. The molecule has 1 aromatic carbocycles. The van der Waals surface area contributed by atoms with Gasteiger partial charge in [0.2, 0.25) is 0 Å². The molecule has 41 heavy (non-hydrogen) atoms. The molecule has 3 atom stereocenters. The van der Waals surface area contributed by atoms with Crippen LogP contribution >= 0.6 is 22.9 Å². The number of halogens is 1. The second-order valence-corrected chi connectivity index (χ2v) is 11.1. The molecule has 212 valence electrons. The third-order valence-electron chi connectivity index (χ3n) is 7.48. The van der Waals surface area contributed by atoms with Gasteiger partial charge in [0, 0.05) is 39.5 Å². The van der Waals surface area contributed by atoms with Gasteiger partial charge in [-0.2, -0.15) is 0 Å². The molecule has 2 N–H and O–H groups in total. The van der Waals surface area contributed by atoms with Gasteiger partial charge in [0.25, 0.3) is 0 Å². The molecule has 10 heteroatoms. The predicted molar refractivity (Wildman–Crippen MR) is 157 cm³/mol. The van der Waals surface area contributed by atoms with Crippen molar-refractivity contribution in [1.29, 1.82) is 0 Å². The van der Waals surface area contributed by atoms with Crippen molar-refractivity contribution in [3.05, 3.63) is 104 Å². The number of hydrogen-bond acceptors (Lipinski definition) is 9. The molecule has 0 bridgehead atoms. The van der Waals surface area contributed by atoms with Crippen LogP contribution in [-0.2, 0) is 23.9 Å². The summed E-state index contributed by atoms with van der Waals surface area (Å²) in [5.41, 5.74) is 9.82. The highest BCUT2D eigenvalue weighted by Gasteiger charge is 2.51. The van der Waals surface area contributed by atoms with Crippen molar-refractivity contribution in [1.82, 2.24) is 4.98 Å². The fourth-order valence-corrected chi connectivity index (χ4v) is 6.74. The number of ether oxygens (including phenoxy) is 2. The van der Waals surface area contributed by atoms with E-state index in [1.807, 2.05) is 30.5 Å². The Kier molecular flexibility index (Phi) is 8.28. The Hall–Kier alpha value is -3.95. The monoisotopic (exact) mass is 591 g/mol. The lowest BCUT2D eigenvalue weighted by molar-refractivity contribution is -0.152. The zero-order valence-corrected chi connectivity index (χ0v) is 24.5. The number of nitrogens with zero attached hydrogens (tertiary/aromatic N) is 2. The van der Waals surface area contributed by atoms with Crippen molar-refractivity contribution < 1.29 is 23.9 Å². The molecule has 1 aliphatic carbocycles. The van der Waals surface area contributed by atoms with E-state index in [1.54, 1.807) is 55.4 Å². The van der Waals surface area contributed by atoms with Crippen LogP contribution in [0.4, 0.5) is 5.69 Å². The number of Topliss-reactive ketones (excluding diaryl/α,β-unsaturated/α-hetero) is 1. The van der Waals surface area contributed by atoms with Crippen LogP contribution in [0.15, 0.2) is 82.9 Å². The molecule has 0 amide bonds. The van der Waals surface area contributed by atoms with Crippen LogP contribution in [0.2, 0.25) is 5.02 Å². The Morgan fingerprint density at radius 2 is 1.90 bits per heavy atom. The lowest BCUT2D eigenvalue weighted by atomic mass is 9.68. The number of thiophene rings is 1. The highest BCUT2D eigenvalue weighted by atomic mass is 35.5. The number of carbonyl (C=O) groups excluding carboxylic acids is 3. The number of esters is 2. The van der Waals surface area contributed by atoms with Gasteiger partial charge < -0.3 is 15.2 Å². The van der Waals surface area contributed by atoms with Crippen LogP contribution in [0.5, 0.6) is 0 Å². The first-order valence-electron chi connectivity index (χ1n) is 13.4. The maximum atomic E-state index is 14.7. The third-order valence-corrected chi connectivity index (χ3v) is 8.89. The molecular formula is C31H30ClN3O5S. The fourth-order valence-electron chi connectivity index (χ4n) is 5.70. The highest BCUT2D eigenvalue weighted by molar-refractivity contribution is 7.10. The quantitative estimate of drug-likeness (QED) is 0.278. The number of benzene rings is 1. The van der Waals surface area contributed by atoms with Gasteiger partial charge in [-0.05, 0) is 68.0 Å². The standard InChI is InChI=1S/C31H30ClN3O5S/c1-4-39-30(37)25-19(23-12-8-14-41-23)15-22-26(28(25)36)24(18-9-7-13-34-16-18)27(31(38)40-5-2)29(33)35(22)21-11-6-10-20(32)17(21)3/h6-14,16,19,24-25H,4-5,15,33H2,1-3H3/t19-,24-,25+/m0/s1. The highest BCUT2D eigenvalue weighted by Crippen LogP contribution is 2.52. The van der Waals surface area contributed by atoms with Crippen LogP contribution in [0.3, 0.4) is 0 Å². The molecule has 0 saturated carbocycles. The summed E-state index contributed by atoms with van der Waals surface area (Å²) in [4.78, 5) is 48.6. The second kappa shape index (κ2) is 11.9. The van der Waals surface area contributed by atoms with Gasteiger partial charge in [0.15, 0.2) is 5.78 Å². The van der Waals surface area contributed by atoms with E-state index in [-0.39, 0.29) is 24.6 Å². The zero-order valence-electron chi connectivity index (χ0n) is 22.9. The summed E-state index contributed by atoms with van der Waals surface area (Å²) in [7, 11) is 0. The summed E-state index contributed by atoms with van der Waals surface area (Å²) < 4.78 is 10.9. The minimum absolute atomic E-state index is 0.100. The van der Waals surface area contributed by atoms with E-state index in [1.165, 1.54) is 11.3 Å². The van der Waals surface area contributed by atoms with E-state index >= 15 is 0 Å². The maximum absolute atomic E-state index is 14.7. The fraction of sp³-hybridized carbons (Fsp3) is 0.290. The van der Waals surface area contributed by atoms with Crippen molar-refractivity contribution in [2.45, 2.75) is 39.0 Å². The van der Waals surface area contributed by atoms with E-state index in [2.05, 4.69) is 4.98 Å². The average molecular weight is 592 g/mol. The minimum Gasteiger partial charge on any atom is -0.465 e. The van der Waals surface area contributed by atoms with Crippen LogP contribution in [0.25, 0.3) is 0 Å². The number of nitrogens with two attached hydrogens (primary N) is 1. The molecule has 0 fully saturated rings. The lowest BCUT2D eigenvalue weighted by Crippen LogP contribution is -2.46. The van der Waals surface area contributed by atoms with Crippen LogP contribution in [-0.4, -0.2) is 35.9 Å². The number of ketones is 1. The summed E-state index contributed by atoms with van der Waals surface area (Å²) in [6.07, 6.45) is 3.50. The Morgan fingerprint density at radius 1 is 1.12 bits per heavy atom. The Labute approximate surface area is 247 Å². The van der Waals surface area contributed by atoms with Crippen LogP contribution in [0.1, 0.15) is 48.1 Å². The first-order chi connectivity index (χ1) is 19.8. The number of hydrogen-bond donors (Lipinski definition) is 1. The molecule has 0 radical (unpaired) electrons. The Bertz CT molecular complexity index is 1550. The van der Waals surface area contributed by atoms with Crippen LogP contribution < -0.4 is 10.6 Å². The van der Waals surface area contributed by atoms with Crippen molar-refractivity contribution in [2.75, 3.05) is 18.1 Å². The SMILES string of the molecule is CCOC(=O)C1=C(N)N(c2cccc(Cl)c2C)C2=C(C(=O)[C@H](C(=O)OCC)[C@H](c3cccs3)C2)[C@@H]1c1cccnc1. The van der Waals surface area contributed by atoms with Crippen molar-refractivity contribution >= 4 is 46.3 Å². The zero-order chi connectivity index (χ0) is 29.3. The van der Waals surface area contributed by atoms with E-state index in [9.17, 15) is 14.4 Å².